The monoisotopic (exact) mass is 367 g/mol. The number of amides is 2. The first-order valence-corrected chi connectivity index (χ1v) is 9.74. The molecule has 142 valence electrons. The highest BCUT2D eigenvalue weighted by molar-refractivity contribution is 5.83. The molecule has 0 aromatic heterocycles. The Bertz CT molecular complexity index is 748. The Hall–Kier alpha value is -2.55. The summed E-state index contributed by atoms with van der Waals surface area (Å²) >= 11 is 0. The topological polar surface area (TPSA) is 91.2 Å². The first-order valence-electron chi connectivity index (χ1n) is 9.74. The quantitative estimate of drug-likeness (QED) is 0.783. The lowest BCUT2D eigenvalue weighted by Gasteiger charge is -2.56. The third kappa shape index (κ3) is 4.08. The van der Waals surface area contributed by atoms with Crippen molar-refractivity contribution >= 4 is 11.8 Å². The van der Waals surface area contributed by atoms with Gasteiger partial charge in [0.1, 0.15) is 5.75 Å². The average Bonchev–Trinajstić information content (AvgIpc) is 2.63. The smallest absolute Gasteiger partial charge is 0.276 e. The van der Waals surface area contributed by atoms with E-state index in [2.05, 4.69) is 10.9 Å². The third-order valence-electron chi connectivity index (χ3n) is 6.38. The summed E-state index contributed by atoms with van der Waals surface area (Å²) in [5.74, 6) is 2.32. The molecule has 4 saturated carbocycles. The van der Waals surface area contributed by atoms with Crippen LogP contribution < -0.4 is 15.6 Å². The van der Waals surface area contributed by atoms with E-state index < -0.39 is 5.91 Å². The number of carbonyl (C=O) groups is 2. The molecule has 0 aliphatic heterocycles. The standard InChI is InChI=1S/C21H25N3O3/c22-12-14-2-1-3-18(7-14)27-13-20(26)24-23-19(25)11-21-8-15-4-16(9-21)6-17(5-15)10-21/h1-3,7,15-17H,4-6,8-11,13H2,(H,23,25)(H,24,26). The van der Waals surface area contributed by atoms with Gasteiger partial charge in [-0.05, 0) is 79.9 Å². The summed E-state index contributed by atoms with van der Waals surface area (Å²) in [6.45, 7) is -0.216. The molecule has 27 heavy (non-hydrogen) atoms. The predicted octanol–water partition coefficient (Wildman–Crippen LogP) is 2.69. The number of hydrazine groups is 1. The predicted molar refractivity (Wildman–Crippen MR) is 98.2 cm³/mol. The van der Waals surface area contributed by atoms with E-state index in [9.17, 15) is 9.59 Å². The lowest BCUT2D eigenvalue weighted by Crippen LogP contribution is -2.50. The van der Waals surface area contributed by atoms with Gasteiger partial charge in [-0.2, -0.15) is 5.26 Å². The Kier molecular flexibility index (Phi) is 4.77. The van der Waals surface area contributed by atoms with Crippen molar-refractivity contribution < 1.29 is 14.3 Å². The molecule has 4 fully saturated rings. The molecule has 2 amide bonds. The molecule has 1 aromatic rings. The molecule has 1 aromatic carbocycles. The van der Waals surface area contributed by atoms with Crippen LogP contribution in [0.2, 0.25) is 0 Å². The van der Waals surface area contributed by atoms with Crippen molar-refractivity contribution in [2.24, 2.45) is 23.2 Å². The van der Waals surface area contributed by atoms with Gasteiger partial charge in [0.25, 0.3) is 5.91 Å². The Labute approximate surface area is 159 Å². The zero-order chi connectivity index (χ0) is 18.9. The molecule has 0 unspecified atom stereocenters. The Morgan fingerprint density at radius 2 is 1.70 bits per heavy atom. The minimum atomic E-state index is -0.420. The fraction of sp³-hybridized carbons (Fsp3) is 0.571. The van der Waals surface area contributed by atoms with Gasteiger partial charge in [-0.15, -0.1) is 0 Å². The lowest BCUT2D eigenvalue weighted by atomic mass is 9.49. The van der Waals surface area contributed by atoms with Crippen molar-refractivity contribution in [3.63, 3.8) is 0 Å². The van der Waals surface area contributed by atoms with Gasteiger partial charge in [-0.25, -0.2) is 0 Å². The lowest BCUT2D eigenvalue weighted by molar-refractivity contribution is -0.134. The molecule has 0 saturated heterocycles. The molecule has 5 rings (SSSR count). The first kappa shape index (κ1) is 17.8. The number of nitriles is 1. The number of nitrogens with zero attached hydrogens (tertiary/aromatic N) is 1. The molecule has 4 bridgehead atoms. The molecule has 4 aliphatic rings. The zero-order valence-corrected chi connectivity index (χ0v) is 15.4. The fourth-order valence-electron chi connectivity index (χ4n) is 5.87. The Morgan fingerprint density at radius 3 is 2.33 bits per heavy atom. The molecule has 6 nitrogen and oxygen atoms in total. The Morgan fingerprint density at radius 1 is 1.07 bits per heavy atom. The van der Waals surface area contributed by atoms with Crippen LogP contribution >= 0.6 is 0 Å². The van der Waals surface area contributed by atoms with Crippen molar-refractivity contribution in [2.45, 2.75) is 44.9 Å². The summed E-state index contributed by atoms with van der Waals surface area (Å²) in [5, 5.41) is 8.87. The number of hydrogen-bond acceptors (Lipinski definition) is 4. The molecule has 4 aliphatic carbocycles. The maximum atomic E-state index is 12.4. The van der Waals surface area contributed by atoms with Crippen LogP contribution in [-0.4, -0.2) is 18.4 Å². The summed E-state index contributed by atoms with van der Waals surface area (Å²) in [6.07, 6.45) is 8.05. The molecule has 0 atom stereocenters. The molecule has 0 radical (unpaired) electrons. The van der Waals surface area contributed by atoms with Crippen LogP contribution in [0.1, 0.15) is 50.5 Å². The first-order chi connectivity index (χ1) is 13.0. The van der Waals surface area contributed by atoms with Crippen LogP contribution in [0.5, 0.6) is 5.75 Å². The van der Waals surface area contributed by atoms with Crippen molar-refractivity contribution in [3.05, 3.63) is 29.8 Å². The second kappa shape index (κ2) is 7.22. The van der Waals surface area contributed by atoms with E-state index in [1.807, 2.05) is 6.07 Å². The van der Waals surface area contributed by atoms with Gasteiger partial charge in [0.2, 0.25) is 5.91 Å². The van der Waals surface area contributed by atoms with Gasteiger partial charge in [0, 0.05) is 6.42 Å². The van der Waals surface area contributed by atoms with Crippen LogP contribution in [0, 0.1) is 34.5 Å². The number of benzene rings is 1. The molecular weight excluding hydrogens is 342 g/mol. The van der Waals surface area contributed by atoms with E-state index >= 15 is 0 Å². The van der Waals surface area contributed by atoms with Crippen LogP contribution in [0.25, 0.3) is 0 Å². The minimum absolute atomic E-state index is 0.114. The van der Waals surface area contributed by atoms with Gasteiger partial charge < -0.3 is 4.74 Å². The van der Waals surface area contributed by atoms with E-state index in [1.165, 1.54) is 38.5 Å². The third-order valence-corrected chi connectivity index (χ3v) is 6.38. The number of ether oxygens (including phenoxy) is 1. The van der Waals surface area contributed by atoms with Crippen LogP contribution in [-0.2, 0) is 9.59 Å². The SMILES string of the molecule is N#Cc1cccc(OCC(=O)NNC(=O)CC23CC4CC(CC(C4)C2)C3)c1. The van der Waals surface area contributed by atoms with Gasteiger partial charge >= 0.3 is 0 Å². The molecule has 2 N–H and O–H groups in total. The van der Waals surface area contributed by atoms with Crippen molar-refractivity contribution in [2.75, 3.05) is 6.61 Å². The summed E-state index contributed by atoms with van der Waals surface area (Å²) < 4.78 is 5.36. The summed E-state index contributed by atoms with van der Waals surface area (Å²) in [4.78, 5) is 24.3. The van der Waals surface area contributed by atoms with Gasteiger partial charge in [-0.1, -0.05) is 6.07 Å². The van der Waals surface area contributed by atoms with Crippen LogP contribution in [0.3, 0.4) is 0 Å². The van der Waals surface area contributed by atoms with E-state index in [4.69, 9.17) is 10.00 Å². The molecule has 6 heteroatoms. The molecular formula is C21H25N3O3. The molecule has 0 heterocycles. The van der Waals surface area contributed by atoms with Gasteiger partial charge in [0.15, 0.2) is 6.61 Å². The fourth-order valence-corrected chi connectivity index (χ4v) is 5.87. The maximum absolute atomic E-state index is 12.4. The van der Waals surface area contributed by atoms with E-state index in [1.54, 1.807) is 24.3 Å². The summed E-state index contributed by atoms with van der Waals surface area (Å²) in [5.41, 5.74) is 5.60. The van der Waals surface area contributed by atoms with E-state index in [-0.39, 0.29) is 17.9 Å². The van der Waals surface area contributed by atoms with Crippen LogP contribution in [0.15, 0.2) is 24.3 Å². The second-order valence-corrected chi connectivity index (χ2v) is 8.62. The van der Waals surface area contributed by atoms with Gasteiger partial charge in [0.05, 0.1) is 11.6 Å². The van der Waals surface area contributed by atoms with E-state index in [0.29, 0.717) is 17.7 Å². The maximum Gasteiger partial charge on any atom is 0.276 e. The normalized spacial score (nSPS) is 30.4. The number of hydrogen-bond donors (Lipinski definition) is 2. The highest BCUT2D eigenvalue weighted by Crippen LogP contribution is 2.61. The van der Waals surface area contributed by atoms with Crippen LogP contribution in [0.4, 0.5) is 0 Å². The number of rotatable bonds is 5. The van der Waals surface area contributed by atoms with E-state index in [0.717, 1.165) is 17.8 Å². The summed E-state index contributed by atoms with van der Waals surface area (Å²) in [7, 11) is 0. The second-order valence-electron chi connectivity index (χ2n) is 8.62. The van der Waals surface area contributed by atoms with Crippen molar-refractivity contribution in [1.29, 1.82) is 5.26 Å². The zero-order valence-electron chi connectivity index (χ0n) is 15.4. The molecule has 0 spiro atoms. The largest absolute Gasteiger partial charge is 0.484 e. The average molecular weight is 367 g/mol. The minimum Gasteiger partial charge on any atom is -0.484 e. The van der Waals surface area contributed by atoms with Crippen molar-refractivity contribution in [1.82, 2.24) is 10.9 Å². The van der Waals surface area contributed by atoms with Crippen molar-refractivity contribution in [3.8, 4) is 11.8 Å². The highest BCUT2D eigenvalue weighted by atomic mass is 16.5. The summed E-state index contributed by atoms with van der Waals surface area (Å²) in [6, 6.07) is 8.63. The number of nitrogens with one attached hydrogen (secondary N) is 2. The number of carbonyl (C=O) groups excluding carboxylic acids is 2. The highest BCUT2D eigenvalue weighted by Gasteiger charge is 2.51. The van der Waals surface area contributed by atoms with Gasteiger partial charge in [-0.3, -0.25) is 20.4 Å². The Balaban J connectivity index is 1.22.